The fourth-order valence-corrected chi connectivity index (χ4v) is 1.62. The summed E-state index contributed by atoms with van der Waals surface area (Å²) in [5.41, 5.74) is 7.42. The Bertz CT molecular complexity index is 490. The second kappa shape index (κ2) is 4.67. The van der Waals surface area contributed by atoms with Gasteiger partial charge in [-0.2, -0.15) is 0 Å². The van der Waals surface area contributed by atoms with Crippen LogP contribution in [0.5, 0.6) is 0 Å². The number of rotatable bonds is 2. The van der Waals surface area contributed by atoms with Crippen LogP contribution < -0.4 is 5.73 Å². The standard InChI is InChI=1S/C11H9BrFN3/c12-9-2-1-7(3-10(9)13)11(14)8-4-15-6-16-5-8/h1-6,11H,14H2. The molecule has 1 unspecified atom stereocenters. The molecule has 16 heavy (non-hydrogen) atoms. The van der Waals surface area contributed by atoms with Crippen LogP contribution in [0.25, 0.3) is 0 Å². The zero-order valence-corrected chi connectivity index (χ0v) is 9.86. The van der Waals surface area contributed by atoms with E-state index in [9.17, 15) is 4.39 Å². The Kier molecular flexibility index (Phi) is 3.26. The molecule has 2 N–H and O–H groups in total. The Balaban J connectivity index is 2.34. The van der Waals surface area contributed by atoms with Crippen molar-refractivity contribution < 1.29 is 4.39 Å². The fourth-order valence-electron chi connectivity index (χ4n) is 1.37. The zero-order chi connectivity index (χ0) is 11.5. The molecule has 0 radical (unpaired) electrons. The lowest BCUT2D eigenvalue weighted by Crippen LogP contribution is -2.12. The maximum Gasteiger partial charge on any atom is 0.137 e. The number of hydrogen-bond donors (Lipinski definition) is 1. The molecule has 5 heteroatoms. The molecule has 0 aliphatic heterocycles. The molecule has 0 fully saturated rings. The second-order valence-electron chi connectivity index (χ2n) is 3.32. The fraction of sp³-hybridized carbons (Fsp3) is 0.0909. The van der Waals surface area contributed by atoms with Crippen molar-refractivity contribution in [3.8, 4) is 0 Å². The van der Waals surface area contributed by atoms with Gasteiger partial charge in [-0.15, -0.1) is 0 Å². The van der Waals surface area contributed by atoms with Gasteiger partial charge in [-0.25, -0.2) is 14.4 Å². The normalized spacial score (nSPS) is 12.4. The summed E-state index contributed by atoms with van der Waals surface area (Å²) in [6.07, 6.45) is 4.67. The molecule has 1 aromatic heterocycles. The van der Waals surface area contributed by atoms with Crippen molar-refractivity contribution in [1.82, 2.24) is 9.97 Å². The molecule has 2 rings (SSSR count). The van der Waals surface area contributed by atoms with Gasteiger partial charge in [0.25, 0.3) is 0 Å². The van der Waals surface area contributed by atoms with E-state index < -0.39 is 6.04 Å². The molecule has 0 aliphatic carbocycles. The van der Waals surface area contributed by atoms with Gasteiger partial charge < -0.3 is 5.73 Å². The SMILES string of the molecule is NC(c1cncnc1)c1ccc(Br)c(F)c1. The van der Waals surface area contributed by atoms with Crippen molar-refractivity contribution >= 4 is 15.9 Å². The maximum absolute atomic E-state index is 13.3. The monoisotopic (exact) mass is 281 g/mol. The summed E-state index contributed by atoms with van der Waals surface area (Å²) in [6.45, 7) is 0. The highest BCUT2D eigenvalue weighted by Gasteiger charge is 2.11. The van der Waals surface area contributed by atoms with E-state index in [2.05, 4.69) is 25.9 Å². The molecule has 0 saturated carbocycles. The minimum absolute atomic E-state index is 0.329. The Morgan fingerprint density at radius 1 is 1.19 bits per heavy atom. The van der Waals surface area contributed by atoms with Gasteiger partial charge >= 0.3 is 0 Å². The third-order valence-electron chi connectivity index (χ3n) is 2.24. The molecule has 1 atom stereocenters. The van der Waals surface area contributed by atoms with Gasteiger partial charge in [-0.3, -0.25) is 0 Å². The smallest absolute Gasteiger partial charge is 0.137 e. The number of halogens is 2. The first-order valence-corrected chi connectivity index (χ1v) is 5.43. The molecule has 1 heterocycles. The topological polar surface area (TPSA) is 51.8 Å². The van der Waals surface area contributed by atoms with Crippen LogP contribution in [0.2, 0.25) is 0 Å². The highest BCUT2D eigenvalue weighted by molar-refractivity contribution is 9.10. The summed E-state index contributed by atoms with van der Waals surface area (Å²) in [6, 6.07) is 4.39. The Morgan fingerprint density at radius 2 is 1.88 bits per heavy atom. The summed E-state index contributed by atoms with van der Waals surface area (Å²) < 4.78 is 13.7. The number of aromatic nitrogens is 2. The second-order valence-corrected chi connectivity index (χ2v) is 4.18. The lowest BCUT2D eigenvalue weighted by molar-refractivity contribution is 0.617. The summed E-state index contributed by atoms with van der Waals surface area (Å²) in [7, 11) is 0. The number of nitrogens with two attached hydrogens (primary N) is 1. The third kappa shape index (κ3) is 2.25. The summed E-state index contributed by atoms with van der Waals surface area (Å²) in [4.78, 5) is 7.75. The Morgan fingerprint density at radius 3 is 2.50 bits per heavy atom. The first kappa shape index (κ1) is 11.2. The molecule has 0 saturated heterocycles. The van der Waals surface area contributed by atoms with Gasteiger partial charge in [0.15, 0.2) is 0 Å². The number of hydrogen-bond acceptors (Lipinski definition) is 3. The lowest BCUT2D eigenvalue weighted by atomic mass is 10.0. The quantitative estimate of drug-likeness (QED) is 0.920. The minimum Gasteiger partial charge on any atom is -0.320 e. The van der Waals surface area contributed by atoms with E-state index in [1.54, 1.807) is 24.5 Å². The van der Waals surface area contributed by atoms with Crippen molar-refractivity contribution in [3.05, 3.63) is 58.3 Å². The Hall–Kier alpha value is -1.33. The first-order valence-electron chi connectivity index (χ1n) is 4.64. The van der Waals surface area contributed by atoms with Gasteiger partial charge in [0.1, 0.15) is 12.1 Å². The third-order valence-corrected chi connectivity index (χ3v) is 2.89. The summed E-state index contributed by atoms with van der Waals surface area (Å²) in [5.74, 6) is -0.329. The largest absolute Gasteiger partial charge is 0.320 e. The predicted molar refractivity (Wildman–Crippen MR) is 62.2 cm³/mol. The molecular formula is C11H9BrFN3. The van der Waals surface area contributed by atoms with E-state index in [4.69, 9.17) is 5.73 Å². The van der Waals surface area contributed by atoms with Gasteiger partial charge in [-0.05, 0) is 33.6 Å². The van der Waals surface area contributed by atoms with Crippen molar-refractivity contribution in [3.63, 3.8) is 0 Å². The average Bonchev–Trinajstić information content (AvgIpc) is 2.33. The molecule has 82 valence electrons. The molecule has 1 aromatic carbocycles. The van der Waals surface area contributed by atoms with E-state index in [-0.39, 0.29) is 5.82 Å². The van der Waals surface area contributed by atoms with Gasteiger partial charge in [0.05, 0.1) is 10.5 Å². The average molecular weight is 282 g/mol. The highest BCUT2D eigenvalue weighted by atomic mass is 79.9. The molecule has 2 aromatic rings. The molecule has 0 bridgehead atoms. The lowest BCUT2D eigenvalue weighted by Gasteiger charge is -2.11. The van der Waals surface area contributed by atoms with E-state index in [0.29, 0.717) is 10.0 Å². The Labute approximate surface area is 101 Å². The van der Waals surface area contributed by atoms with Crippen LogP contribution >= 0.6 is 15.9 Å². The van der Waals surface area contributed by atoms with Gasteiger partial charge in [0, 0.05) is 18.0 Å². The minimum atomic E-state index is -0.413. The van der Waals surface area contributed by atoms with Crippen molar-refractivity contribution in [2.45, 2.75) is 6.04 Å². The van der Waals surface area contributed by atoms with Gasteiger partial charge in [-0.1, -0.05) is 6.07 Å². The summed E-state index contributed by atoms with van der Waals surface area (Å²) in [5, 5.41) is 0. The van der Waals surface area contributed by atoms with Crippen LogP contribution in [0.4, 0.5) is 4.39 Å². The van der Waals surface area contributed by atoms with Crippen molar-refractivity contribution in [2.24, 2.45) is 5.73 Å². The van der Waals surface area contributed by atoms with Crippen LogP contribution in [-0.2, 0) is 0 Å². The van der Waals surface area contributed by atoms with Gasteiger partial charge in [0.2, 0.25) is 0 Å². The molecule has 0 amide bonds. The van der Waals surface area contributed by atoms with Crippen LogP contribution in [-0.4, -0.2) is 9.97 Å². The van der Waals surface area contributed by atoms with Crippen molar-refractivity contribution in [2.75, 3.05) is 0 Å². The maximum atomic E-state index is 13.3. The van der Waals surface area contributed by atoms with Crippen LogP contribution in [0.1, 0.15) is 17.2 Å². The zero-order valence-electron chi connectivity index (χ0n) is 8.27. The highest BCUT2D eigenvalue weighted by Crippen LogP contribution is 2.22. The molecule has 0 aliphatic rings. The number of benzene rings is 1. The molecule has 3 nitrogen and oxygen atoms in total. The summed E-state index contributed by atoms with van der Waals surface area (Å²) >= 11 is 3.09. The van der Waals surface area contributed by atoms with Crippen LogP contribution in [0, 0.1) is 5.82 Å². The predicted octanol–water partition coefficient (Wildman–Crippen LogP) is 2.43. The van der Waals surface area contributed by atoms with Crippen LogP contribution in [0.15, 0.2) is 41.4 Å². The van der Waals surface area contributed by atoms with E-state index in [1.165, 1.54) is 12.4 Å². The number of nitrogens with zero attached hydrogens (tertiary/aromatic N) is 2. The van der Waals surface area contributed by atoms with Crippen LogP contribution in [0.3, 0.4) is 0 Å². The van der Waals surface area contributed by atoms with E-state index in [0.717, 1.165) is 5.56 Å². The van der Waals surface area contributed by atoms with Crippen molar-refractivity contribution in [1.29, 1.82) is 0 Å². The van der Waals surface area contributed by atoms with E-state index in [1.807, 2.05) is 0 Å². The molecular weight excluding hydrogens is 273 g/mol. The van der Waals surface area contributed by atoms with E-state index >= 15 is 0 Å². The molecule has 0 spiro atoms. The first-order chi connectivity index (χ1) is 7.68.